The Labute approximate surface area is 65.4 Å². The van der Waals surface area contributed by atoms with Crippen LogP contribution in [0, 0.1) is 0 Å². The Morgan fingerprint density at radius 1 is 1.36 bits per heavy atom. The summed E-state index contributed by atoms with van der Waals surface area (Å²) >= 11 is 0. The molecule has 1 aromatic rings. The van der Waals surface area contributed by atoms with E-state index < -0.39 is 0 Å². The number of aromatic nitrogens is 1. The minimum Gasteiger partial charge on any atom is -0.506 e. The number of aromatic hydroxyl groups is 1. The van der Waals surface area contributed by atoms with E-state index in [0.29, 0.717) is 0 Å². The second kappa shape index (κ2) is 3.78. The molecule has 0 aliphatic rings. The first kappa shape index (κ1) is 9.71. The van der Waals surface area contributed by atoms with Crippen LogP contribution in [0.25, 0.3) is 0 Å². The molecule has 0 saturated heterocycles. The van der Waals surface area contributed by atoms with Crippen LogP contribution >= 0.6 is 0 Å². The van der Waals surface area contributed by atoms with Crippen molar-refractivity contribution in [3.8, 4) is 5.75 Å². The predicted octanol–water partition coefficient (Wildman–Crippen LogP) is 0.0285. The summed E-state index contributed by atoms with van der Waals surface area (Å²) in [5, 5.41) is 8.86. The molecule has 4 heteroatoms. The molecule has 0 atom stereocenters. The van der Waals surface area contributed by atoms with Crippen molar-refractivity contribution in [1.29, 1.82) is 0 Å². The zero-order chi connectivity index (χ0) is 7.56. The average molecular weight is 156 g/mol. The fourth-order valence-electron chi connectivity index (χ4n) is 0.643. The minimum absolute atomic E-state index is 0. The number of pyridine rings is 1. The molecule has 1 aromatic heterocycles. The summed E-state index contributed by atoms with van der Waals surface area (Å²) in [5.41, 5.74) is 0. The minimum atomic E-state index is 0. The van der Waals surface area contributed by atoms with Gasteiger partial charge in [0.05, 0.1) is 6.20 Å². The normalized spacial score (nSPS) is 8.55. The van der Waals surface area contributed by atoms with Crippen LogP contribution < -0.4 is 4.90 Å². The molecule has 0 aliphatic heterocycles. The van der Waals surface area contributed by atoms with E-state index in [1.54, 1.807) is 12.1 Å². The molecular weight excluding hydrogens is 144 g/mol. The van der Waals surface area contributed by atoms with E-state index in [1.807, 2.05) is 19.0 Å². The van der Waals surface area contributed by atoms with Crippen LogP contribution in [0.3, 0.4) is 0 Å². The van der Waals surface area contributed by atoms with Gasteiger partial charge in [0.15, 0.2) is 0 Å². The molecule has 0 amide bonds. The largest absolute Gasteiger partial charge is 0.506 e. The molecule has 1 heterocycles. The first-order valence-corrected chi connectivity index (χ1v) is 3.02. The Balaban J connectivity index is 0.000001000. The molecule has 62 valence electrons. The highest BCUT2D eigenvalue weighted by Crippen LogP contribution is 2.10. The number of nitrogens with zero attached hydrogens (tertiary/aromatic N) is 2. The van der Waals surface area contributed by atoms with Crippen molar-refractivity contribution in [3.63, 3.8) is 0 Å². The van der Waals surface area contributed by atoms with Gasteiger partial charge in [-0.25, -0.2) is 4.98 Å². The lowest BCUT2D eigenvalue weighted by Gasteiger charge is -2.09. The third kappa shape index (κ3) is 2.43. The van der Waals surface area contributed by atoms with Gasteiger partial charge < -0.3 is 15.5 Å². The third-order valence-electron chi connectivity index (χ3n) is 1.19. The van der Waals surface area contributed by atoms with Crippen molar-refractivity contribution in [3.05, 3.63) is 18.3 Å². The molecule has 0 saturated carbocycles. The van der Waals surface area contributed by atoms with Gasteiger partial charge in [-0.2, -0.15) is 0 Å². The first-order valence-electron chi connectivity index (χ1n) is 3.02. The highest BCUT2D eigenvalue weighted by molar-refractivity contribution is 5.38. The van der Waals surface area contributed by atoms with Gasteiger partial charge in [0.25, 0.3) is 0 Å². The maximum atomic E-state index is 8.86. The topological polar surface area (TPSA) is 67.9 Å². The monoisotopic (exact) mass is 156 g/mol. The van der Waals surface area contributed by atoms with E-state index in [-0.39, 0.29) is 11.2 Å². The molecule has 0 radical (unpaired) electrons. The molecule has 1 rings (SSSR count). The molecule has 0 fully saturated rings. The van der Waals surface area contributed by atoms with Gasteiger partial charge in [-0.05, 0) is 12.1 Å². The first-order chi connectivity index (χ1) is 4.70. The SMILES string of the molecule is CN(C)c1ccc(O)cn1.O. The Morgan fingerprint density at radius 2 is 2.00 bits per heavy atom. The Hall–Kier alpha value is -1.29. The van der Waals surface area contributed by atoms with Gasteiger partial charge in [-0.1, -0.05) is 0 Å². The standard InChI is InChI=1S/C7H10N2O.H2O/c1-9(2)7-4-3-6(10)5-8-7;/h3-5,10H,1-2H3;1H2. The van der Waals surface area contributed by atoms with Crippen LogP contribution in [0.5, 0.6) is 5.75 Å². The summed E-state index contributed by atoms with van der Waals surface area (Å²) in [5.74, 6) is 1.04. The van der Waals surface area contributed by atoms with Crippen LogP contribution in [-0.2, 0) is 0 Å². The lowest BCUT2D eigenvalue weighted by molar-refractivity contribution is 0.472. The molecule has 0 aromatic carbocycles. The van der Waals surface area contributed by atoms with Gasteiger partial charge in [0.1, 0.15) is 11.6 Å². The molecule has 0 unspecified atom stereocenters. The Bertz CT molecular complexity index is 208. The highest BCUT2D eigenvalue weighted by Gasteiger charge is 1.93. The quantitative estimate of drug-likeness (QED) is 0.623. The van der Waals surface area contributed by atoms with Crippen LogP contribution in [0.4, 0.5) is 5.82 Å². The zero-order valence-electron chi connectivity index (χ0n) is 6.57. The lowest BCUT2D eigenvalue weighted by Crippen LogP contribution is -2.09. The van der Waals surface area contributed by atoms with E-state index in [4.69, 9.17) is 5.11 Å². The van der Waals surface area contributed by atoms with E-state index in [9.17, 15) is 0 Å². The van der Waals surface area contributed by atoms with Crippen LogP contribution in [0.15, 0.2) is 18.3 Å². The second-order valence-corrected chi connectivity index (χ2v) is 2.27. The van der Waals surface area contributed by atoms with Crippen molar-refractivity contribution >= 4 is 5.82 Å². The van der Waals surface area contributed by atoms with Gasteiger partial charge >= 0.3 is 0 Å². The van der Waals surface area contributed by atoms with Gasteiger partial charge in [0.2, 0.25) is 0 Å². The van der Waals surface area contributed by atoms with E-state index in [1.165, 1.54) is 6.20 Å². The van der Waals surface area contributed by atoms with Crippen molar-refractivity contribution in [2.24, 2.45) is 0 Å². The predicted molar refractivity (Wildman–Crippen MR) is 43.8 cm³/mol. The average Bonchev–Trinajstić information content (AvgIpc) is 1.88. The lowest BCUT2D eigenvalue weighted by atomic mass is 10.4. The van der Waals surface area contributed by atoms with Gasteiger partial charge in [-0.3, -0.25) is 0 Å². The summed E-state index contributed by atoms with van der Waals surface area (Å²) in [4.78, 5) is 5.83. The van der Waals surface area contributed by atoms with Gasteiger partial charge in [0, 0.05) is 14.1 Å². The van der Waals surface area contributed by atoms with E-state index in [0.717, 1.165) is 5.82 Å². The highest BCUT2D eigenvalue weighted by atomic mass is 16.3. The molecule has 4 nitrogen and oxygen atoms in total. The summed E-state index contributed by atoms with van der Waals surface area (Å²) < 4.78 is 0. The molecule has 0 bridgehead atoms. The van der Waals surface area contributed by atoms with Crippen molar-refractivity contribution in [1.82, 2.24) is 4.98 Å². The van der Waals surface area contributed by atoms with Crippen molar-refractivity contribution in [2.45, 2.75) is 0 Å². The number of anilines is 1. The van der Waals surface area contributed by atoms with Crippen molar-refractivity contribution in [2.75, 3.05) is 19.0 Å². The summed E-state index contributed by atoms with van der Waals surface area (Å²) in [7, 11) is 3.80. The molecule has 0 spiro atoms. The van der Waals surface area contributed by atoms with E-state index in [2.05, 4.69) is 4.98 Å². The second-order valence-electron chi connectivity index (χ2n) is 2.27. The van der Waals surface area contributed by atoms with Crippen LogP contribution in [0.2, 0.25) is 0 Å². The Kier molecular flexibility index (Phi) is 3.33. The molecule has 0 aliphatic carbocycles. The summed E-state index contributed by atoms with van der Waals surface area (Å²) in [6, 6.07) is 3.37. The molecule has 3 N–H and O–H groups in total. The third-order valence-corrected chi connectivity index (χ3v) is 1.19. The molecule has 11 heavy (non-hydrogen) atoms. The Morgan fingerprint density at radius 3 is 2.36 bits per heavy atom. The van der Waals surface area contributed by atoms with Crippen LogP contribution in [0.1, 0.15) is 0 Å². The number of hydrogen-bond acceptors (Lipinski definition) is 3. The maximum Gasteiger partial charge on any atom is 0.134 e. The number of hydrogen-bond donors (Lipinski definition) is 1. The summed E-state index contributed by atoms with van der Waals surface area (Å²) in [6.45, 7) is 0. The smallest absolute Gasteiger partial charge is 0.134 e. The number of rotatable bonds is 1. The van der Waals surface area contributed by atoms with Gasteiger partial charge in [-0.15, -0.1) is 0 Å². The maximum absolute atomic E-state index is 8.86. The molecular formula is C7H12N2O2. The summed E-state index contributed by atoms with van der Waals surface area (Å²) in [6.07, 6.45) is 1.43. The van der Waals surface area contributed by atoms with E-state index >= 15 is 0 Å². The van der Waals surface area contributed by atoms with Crippen molar-refractivity contribution < 1.29 is 10.6 Å². The fourth-order valence-corrected chi connectivity index (χ4v) is 0.643. The zero-order valence-corrected chi connectivity index (χ0v) is 6.57. The van der Waals surface area contributed by atoms with Crippen LogP contribution in [-0.4, -0.2) is 29.7 Å². The fraction of sp³-hybridized carbons (Fsp3) is 0.286.